The summed E-state index contributed by atoms with van der Waals surface area (Å²) in [6.45, 7) is 1.39. The maximum absolute atomic E-state index is 12.7. The molecule has 6 nitrogen and oxygen atoms in total. The van der Waals surface area contributed by atoms with E-state index in [1.54, 1.807) is 17.0 Å². The molecule has 1 amide bonds. The van der Waals surface area contributed by atoms with Crippen molar-refractivity contribution in [3.8, 4) is 0 Å². The summed E-state index contributed by atoms with van der Waals surface area (Å²) in [7, 11) is 0. The fraction of sp³-hybridized carbons (Fsp3) is 0.611. The van der Waals surface area contributed by atoms with Crippen LogP contribution in [0.1, 0.15) is 48.9 Å². The summed E-state index contributed by atoms with van der Waals surface area (Å²) in [4.78, 5) is 25.3. The summed E-state index contributed by atoms with van der Waals surface area (Å²) in [5.41, 5.74) is 0.969. The van der Waals surface area contributed by atoms with Crippen LogP contribution in [0.4, 0.5) is 11.4 Å². The van der Waals surface area contributed by atoms with Crippen molar-refractivity contribution in [3.05, 3.63) is 33.9 Å². The highest BCUT2D eigenvalue weighted by atomic mass is 16.6. The van der Waals surface area contributed by atoms with Gasteiger partial charge in [-0.2, -0.15) is 0 Å². The summed E-state index contributed by atoms with van der Waals surface area (Å²) < 4.78 is 0. The van der Waals surface area contributed by atoms with E-state index in [0.29, 0.717) is 19.1 Å². The molecule has 6 heteroatoms. The van der Waals surface area contributed by atoms with E-state index in [2.05, 4.69) is 5.32 Å². The zero-order valence-corrected chi connectivity index (χ0v) is 13.7. The highest BCUT2D eigenvalue weighted by Crippen LogP contribution is 2.46. The number of carbonyl (C=O) groups is 1. The topological polar surface area (TPSA) is 75.5 Å². The first-order valence-corrected chi connectivity index (χ1v) is 8.98. The third-order valence-electron chi connectivity index (χ3n) is 5.41. The Bertz CT molecular complexity index is 649. The summed E-state index contributed by atoms with van der Waals surface area (Å²) >= 11 is 0. The third kappa shape index (κ3) is 3.09. The molecular weight excluding hydrogens is 306 g/mol. The lowest BCUT2D eigenvalue weighted by molar-refractivity contribution is -0.385. The molecule has 0 atom stereocenters. The summed E-state index contributed by atoms with van der Waals surface area (Å²) in [5.74, 6) is 1.24. The number of likely N-dealkylation sites (tertiary alicyclic amines) is 1. The Morgan fingerprint density at radius 2 is 1.79 bits per heavy atom. The SMILES string of the molecule is O=C(c1cc(NC(C2CC2)C2CC2)ccc1[N+](=O)[O-])N1CCCC1. The molecule has 2 saturated carbocycles. The minimum atomic E-state index is -0.452. The Hall–Kier alpha value is -2.11. The smallest absolute Gasteiger partial charge is 0.282 e. The average molecular weight is 329 g/mol. The lowest BCUT2D eigenvalue weighted by Crippen LogP contribution is -2.29. The molecule has 2 aliphatic carbocycles. The Morgan fingerprint density at radius 1 is 1.17 bits per heavy atom. The van der Waals surface area contributed by atoms with Gasteiger partial charge in [0.15, 0.2) is 0 Å². The minimum Gasteiger partial charge on any atom is -0.382 e. The molecule has 1 aliphatic heterocycles. The second-order valence-corrected chi connectivity index (χ2v) is 7.33. The molecule has 128 valence electrons. The molecule has 0 radical (unpaired) electrons. The van der Waals surface area contributed by atoms with Crippen LogP contribution in [0.25, 0.3) is 0 Å². The van der Waals surface area contributed by atoms with Gasteiger partial charge in [0.05, 0.1) is 4.92 Å². The van der Waals surface area contributed by atoms with Crippen LogP contribution in [0.5, 0.6) is 0 Å². The number of nitro groups is 1. The first-order valence-electron chi connectivity index (χ1n) is 8.98. The molecule has 3 aliphatic rings. The van der Waals surface area contributed by atoms with Crippen LogP contribution in [0.3, 0.4) is 0 Å². The Balaban J connectivity index is 1.60. The number of anilines is 1. The van der Waals surface area contributed by atoms with Gasteiger partial charge in [-0.25, -0.2) is 0 Å². The maximum atomic E-state index is 12.7. The normalized spacial score (nSPS) is 20.5. The quantitative estimate of drug-likeness (QED) is 0.641. The van der Waals surface area contributed by atoms with Crippen molar-refractivity contribution in [2.45, 2.75) is 44.6 Å². The van der Waals surface area contributed by atoms with Gasteiger partial charge >= 0.3 is 0 Å². The number of hydrogen-bond acceptors (Lipinski definition) is 4. The van der Waals surface area contributed by atoms with Gasteiger partial charge in [-0.1, -0.05) is 0 Å². The molecule has 0 spiro atoms. The Labute approximate surface area is 141 Å². The van der Waals surface area contributed by atoms with Crippen LogP contribution in [-0.2, 0) is 0 Å². The highest BCUT2D eigenvalue weighted by molar-refractivity contribution is 5.99. The van der Waals surface area contributed by atoms with Crippen LogP contribution in [0, 0.1) is 22.0 Å². The predicted octanol–water partition coefficient (Wildman–Crippen LogP) is 3.43. The van der Waals surface area contributed by atoms with E-state index in [1.807, 2.05) is 0 Å². The first kappa shape index (κ1) is 15.4. The van der Waals surface area contributed by atoms with Gasteiger partial charge in [-0.15, -0.1) is 0 Å². The number of carbonyl (C=O) groups excluding carboxylic acids is 1. The monoisotopic (exact) mass is 329 g/mol. The number of amides is 1. The number of rotatable bonds is 6. The van der Waals surface area contributed by atoms with E-state index in [9.17, 15) is 14.9 Å². The average Bonchev–Trinajstić information content (AvgIpc) is 3.51. The van der Waals surface area contributed by atoms with Crippen LogP contribution in [-0.4, -0.2) is 34.9 Å². The number of hydrogen-bond donors (Lipinski definition) is 1. The highest BCUT2D eigenvalue weighted by Gasteiger charge is 2.41. The van der Waals surface area contributed by atoms with Gasteiger partial charge in [0.1, 0.15) is 5.56 Å². The standard InChI is InChI=1S/C18H23N3O3/c22-18(20-9-1-2-10-20)15-11-14(7-8-16(15)21(23)24)19-17(12-3-4-12)13-5-6-13/h7-8,11-13,17,19H,1-6,9-10H2. The Morgan fingerprint density at radius 3 is 2.33 bits per heavy atom. The van der Waals surface area contributed by atoms with E-state index in [-0.39, 0.29) is 17.2 Å². The van der Waals surface area contributed by atoms with Crippen LogP contribution in [0.15, 0.2) is 18.2 Å². The Kier molecular flexibility index (Phi) is 3.90. The van der Waals surface area contributed by atoms with Crippen molar-refractivity contribution in [2.75, 3.05) is 18.4 Å². The molecule has 1 saturated heterocycles. The van der Waals surface area contributed by atoms with Crippen LogP contribution < -0.4 is 5.32 Å². The molecule has 4 rings (SSSR count). The van der Waals surface area contributed by atoms with Gasteiger partial charge in [0.25, 0.3) is 11.6 Å². The van der Waals surface area contributed by atoms with E-state index in [4.69, 9.17) is 0 Å². The molecule has 0 bridgehead atoms. The van der Waals surface area contributed by atoms with Gasteiger partial charge in [-0.05, 0) is 62.5 Å². The zero-order valence-electron chi connectivity index (χ0n) is 13.7. The van der Waals surface area contributed by atoms with E-state index >= 15 is 0 Å². The number of benzene rings is 1. The van der Waals surface area contributed by atoms with Crippen molar-refractivity contribution in [3.63, 3.8) is 0 Å². The zero-order chi connectivity index (χ0) is 16.7. The molecule has 1 N–H and O–H groups in total. The molecule has 24 heavy (non-hydrogen) atoms. The molecule has 3 fully saturated rings. The van der Waals surface area contributed by atoms with E-state index in [0.717, 1.165) is 30.4 Å². The fourth-order valence-corrected chi connectivity index (χ4v) is 3.77. The largest absolute Gasteiger partial charge is 0.382 e. The van der Waals surface area contributed by atoms with Gasteiger partial charge < -0.3 is 10.2 Å². The van der Waals surface area contributed by atoms with Crippen LogP contribution >= 0.6 is 0 Å². The number of nitrogens with one attached hydrogen (secondary N) is 1. The lowest BCUT2D eigenvalue weighted by atomic mass is 10.1. The van der Waals surface area contributed by atoms with Gasteiger partial charge in [-0.3, -0.25) is 14.9 Å². The summed E-state index contributed by atoms with van der Waals surface area (Å²) in [6, 6.07) is 5.37. The van der Waals surface area contributed by atoms with Crippen molar-refractivity contribution >= 4 is 17.3 Å². The van der Waals surface area contributed by atoms with Crippen LogP contribution in [0.2, 0.25) is 0 Å². The van der Waals surface area contributed by atoms with Crippen molar-refractivity contribution in [1.82, 2.24) is 4.90 Å². The summed E-state index contributed by atoms with van der Waals surface area (Å²) in [5, 5.41) is 14.9. The molecule has 1 aromatic rings. The van der Waals surface area contributed by atoms with Crippen molar-refractivity contribution in [2.24, 2.45) is 11.8 Å². The van der Waals surface area contributed by atoms with Gasteiger partial charge in [0.2, 0.25) is 0 Å². The molecule has 1 heterocycles. The van der Waals surface area contributed by atoms with Crippen molar-refractivity contribution < 1.29 is 9.72 Å². The summed E-state index contributed by atoms with van der Waals surface area (Å²) in [6.07, 6.45) is 7.01. The third-order valence-corrected chi connectivity index (χ3v) is 5.41. The van der Waals surface area contributed by atoms with Crippen molar-refractivity contribution in [1.29, 1.82) is 0 Å². The lowest BCUT2D eigenvalue weighted by Gasteiger charge is -2.20. The van der Waals surface area contributed by atoms with Gasteiger partial charge in [0, 0.05) is 30.9 Å². The molecule has 0 unspecified atom stereocenters. The van der Waals surface area contributed by atoms with E-state index in [1.165, 1.54) is 31.7 Å². The number of nitrogens with zero attached hydrogens (tertiary/aromatic N) is 2. The second kappa shape index (κ2) is 6.07. The predicted molar refractivity (Wildman–Crippen MR) is 91.1 cm³/mol. The fourth-order valence-electron chi connectivity index (χ4n) is 3.77. The second-order valence-electron chi connectivity index (χ2n) is 7.33. The number of nitro benzene ring substituents is 1. The molecule has 1 aromatic carbocycles. The first-order chi connectivity index (χ1) is 11.6. The minimum absolute atomic E-state index is 0.0909. The molecular formula is C18H23N3O3. The maximum Gasteiger partial charge on any atom is 0.282 e. The molecule has 0 aromatic heterocycles. The van der Waals surface area contributed by atoms with E-state index < -0.39 is 4.92 Å².